The number of amides is 2. The van der Waals surface area contributed by atoms with E-state index in [1.165, 1.54) is 29.2 Å². The van der Waals surface area contributed by atoms with E-state index in [9.17, 15) is 19.5 Å². The summed E-state index contributed by atoms with van der Waals surface area (Å²) in [5, 5.41) is 16.1. The first-order valence-corrected chi connectivity index (χ1v) is 8.02. The van der Waals surface area contributed by atoms with Crippen LogP contribution in [0.25, 0.3) is 0 Å². The molecule has 1 aliphatic rings. The molecule has 26 heavy (non-hydrogen) atoms. The highest BCUT2D eigenvalue weighted by Crippen LogP contribution is 2.41. The molecule has 2 aromatic carbocycles. The van der Waals surface area contributed by atoms with Gasteiger partial charge in [-0.05, 0) is 30.3 Å². The van der Waals surface area contributed by atoms with Crippen molar-refractivity contribution >= 4 is 52.5 Å². The van der Waals surface area contributed by atoms with E-state index in [-0.39, 0.29) is 18.1 Å². The van der Waals surface area contributed by atoms with Crippen LogP contribution in [0, 0.1) is 0 Å². The highest BCUT2D eigenvalue weighted by atomic mass is 35.5. The Morgan fingerprint density at radius 3 is 2.62 bits per heavy atom. The summed E-state index contributed by atoms with van der Waals surface area (Å²) in [6.45, 7) is 1.39. The van der Waals surface area contributed by atoms with Crippen molar-refractivity contribution in [2.24, 2.45) is 0 Å². The molecule has 3 rings (SSSR count). The third kappa shape index (κ3) is 3.27. The molecule has 134 valence electrons. The average Bonchev–Trinajstić information content (AvgIpc) is 2.93. The zero-order chi connectivity index (χ0) is 18.8. The lowest BCUT2D eigenvalue weighted by Gasteiger charge is -2.28. The van der Waals surface area contributed by atoms with E-state index in [1.54, 1.807) is 24.3 Å². The van der Waals surface area contributed by atoms with Crippen molar-refractivity contribution in [1.82, 2.24) is 0 Å². The minimum absolute atomic E-state index is 0.174. The van der Waals surface area contributed by atoms with Crippen LogP contribution in [0.4, 0.5) is 22.7 Å². The summed E-state index contributed by atoms with van der Waals surface area (Å²) in [7, 11) is 0. The van der Waals surface area contributed by atoms with E-state index in [0.717, 1.165) is 0 Å². The molecule has 1 heterocycles. The summed E-state index contributed by atoms with van der Waals surface area (Å²) in [6, 6.07) is 9.42. The second-order valence-electron chi connectivity index (χ2n) is 5.54. The Balaban J connectivity index is 1.92. The molecule has 3 N–H and O–H groups in total. The summed E-state index contributed by atoms with van der Waals surface area (Å²) in [4.78, 5) is 33.9. The van der Waals surface area contributed by atoms with Crippen LogP contribution >= 0.6 is 11.6 Å². The first-order valence-electron chi connectivity index (χ1n) is 7.64. The van der Waals surface area contributed by atoms with Gasteiger partial charge in [-0.3, -0.25) is 15.0 Å². The van der Waals surface area contributed by atoms with Crippen LogP contribution in [0.5, 0.6) is 5.75 Å². The van der Waals surface area contributed by atoms with Crippen LogP contribution in [0.3, 0.4) is 0 Å². The molecule has 0 spiro atoms. The van der Waals surface area contributed by atoms with Gasteiger partial charge in [-0.2, -0.15) is 10.1 Å². The van der Waals surface area contributed by atoms with Gasteiger partial charge in [-0.1, -0.05) is 11.6 Å². The van der Waals surface area contributed by atoms with Crippen molar-refractivity contribution in [2.75, 3.05) is 20.9 Å². The zero-order valence-corrected chi connectivity index (χ0v) is 14.4. The molecule has 0 fully saturated rings. The summed E-state index contributed by atoms with van der Waals surface area (Å²) >= 11 is 5.99. The van der Waals surface area contributed by atoms with Crippen molar-refractivity contribution in [2.45, 2.75) is 13.3 Å². The number of benzene rings is 2. The van der Waals surface area contributed by atoms with E-state index in [4.69, 9.17) is 11.6 Å². The maximum Gasteiger partial charge on any atom is 0.244 e. The number of hydrogen-bond donors (Lipinski definition) is 3. The Hall–Kier alpha value is -3.26. The van der Waals surface area contributed by atoms with E-state index >= 15 is 0 Å². The van der Waals surface area contributed by atoms with Gasteiger partial charge in [0.15, 0.2) is 0 Å². The summed E-state index contributed by atoms with van der Waals surface area (Å²) in [6.07, 6.45) is 0.217. The fraction of sp³-hybridized carbons (Fsp3) is 0.118. The number of phenolic OH excluding ortho intramolecular Hbond substituents is 1. The molecule has 2 aromatic rings. The minimum Gasteiger partial charge on any atom is -0.506 e. The maximum atomic E-state index is 12.1. The summed E-state index contributed by atoms with van der Waals surface area (Å²) in [5.74, 6) is -0.938. The van der Waals surface area contributed by atoms with Gasteiger partial charge in [0.25, 0.3) is 0 Å². The Kier molecular flexibility index (Phi) is 4.68. The van der Waals surface area contributed by atoms with Crippen LogP contribution in [-0.2, 0) is 14.4 Å². The highest BCUT2D eigenvalue weighted by molar-refractivity contribution is 6.31. The Bertz CT molecular complexity index is 902. The number of carbonyl (C=O) groups is 3. The molecule has 0 saturated carbocycles. The Labute approximate surface area is 153 Å². The highest BCUT2D eigenvalue weighted by Gasteiger charge is 2.32. The number of carbonyl (C=O) groups excluding carboxylic acids is 3. The van der Waals surface area contributed by atoms with Crippen LogP contribution in [-0.4, -0.2) is 23.2 Å². The van der Waals surface area contributed by atoms with Gasteiger partial charge < -0.3 is 15.2 Å². The molecule has 1 aliphatic heterocycles. The first kappa shape index (κ1) is 17.6. The van der Waals surface area contributed by atoms with E-state index < -0.39 is 5.91 Å². The molecule has 9 heteroatoms. The van der Waals surface area contributed by atoms with Crippen LogP contribution in [0.15, 0.2) is 36.4 Å². The lowest BCUT2D eigenvalue weighted by Crippen LogP contribution is -2.44. The van der Waals surface area contributed by atoms with E-state index in [2.05, 4.69) is 10.7 Å². The molecule has 8 nitrogen and oxygen atoms in total. The Morgan fingerprint density at radius 1 is 1.23 bits per heavy atom. The van der Waals surface area contributed by atoms with Crippen molar-refractivity contribution in [3.8, 4) is 5.75 Å². The molecule has 0 atom stereocenters. The summed E-state index contributed by atoms with van der Waals surface area (Å²) in [5.41, 5.74) is 4.82. The molecule has 0 aromatic heterocycles. The van der Waals surface area contributed by atoms with Crippen LogP contribution in [0.1, 0.15) is 13.3 Å². The number of halogens is 1. The number of nitrogens with zero attached hydrogens (tertiary/aromatic N) is 2. The monoisotopic (exact) mass is 374 g/mol. The molecule has 2 amide bonds. The second kappa shape index (κ2) is 6.93. The van der Waals surface area contributed by atoms with Crippen molar-refractivity contribution in [3.63, 3.8) is 0 Å². The van der Waals surface area contributed by atoms with Gasteiger partial charge in [-0.15, -0.1) is 0 Å². The predicted molar refractivity (Wildman–Crippen MR) is 98.1 cm³/mol. The molecule has 0 radical (unpaired) electrons. The van der Waals surface area contributed by atoms with Crippen molar-refractivity contribution in [3.05, 3.63) is 41.4 Å². The van der Waals surface area contributed by atoms with Gasteiger partial charge in [0.05, 0.1) is 17.8 Å². The number of rotatable bonds is 4. The molecule has 0 saturated heterocycles. The third-order valence-electron chi connectivity index (χ3n) is 3.67. The fourth-order valence-corrected chi connectivity index (χ4v) is 2.77. The third-order valence-corrected chi connectivity index (χ3v) is 3.90. The van der Waals surface area contributed by atoms with E-state index in [0.29, 0.717) is 34.1 Å². The van der Waals surface area contributed by atoms with Crippen LogP contribution < -0.4 is 20.9 Å². The minimum atomic E-state index is -0.487. The van der Waals surface area contributed by atoms with Gasteiger partial charge in [0.1, 0.15) is 17.7 Å². The molecular weight excluding hydrogens is 360 g/mol. The smallest absolute Gasteiger partial charge is 0.244 e. The number of nitrogens with one attached hydrogen (secondary N) is 2. The second-order valence-corrected chi connectivity index (χ2v) is 5.97. The lowest BCUT2D eigenvalue weighted by molar-refractivity contribution is -0.120. The van der Waals surface area contributed by atoms with Crippen molar-refractivity contribution in [1.29, 1.82) is 0 Å². The quantitative estimate of drug-likeness (QED) is 0.561. The SMILES string of the molecule is CC(=O)N1c2ccc(Cl)cc2NN1c1ccc(NC(=O)CC=O)cc1O. The number of aromatic hydroxyl groups is 1. The number of phenols is 1. The van der Waals surface area contributed by atoms with Gasteiger partial charge >= 0.3 is 0 Å². The largest absolute Gasteiger partial charge is 0.506 e. The number of anilines is 4. The number of hydrogen-bond acceptors (Lipinski definition) is 6. The molecule has 0 bridgehead atoms. The predicted octanol–water partition coefficient (Wildman–Crippen LogP) is 2.69. The number of fused-ring (bicyclic) bond motifs is 1. The normalized spacial score (nSPS) is 12.4. The average molecular weight is 375 g/mol. The maximum absolute atomic E-state index is 12.1. The molecule has 0 aliphatic carbocycles. The van der Waals surface area contributed by atoms with Crippen LogP contribution in [0.2, 0.25) is 5.02 Å². The molecular formula is C17H15ClN4O4. The lowest BCUT2D eigenvalue weighted by atomic mass is 10.2. The van der Waals surface area contributed by atoms with Gasteiger partial charge in [0, 0.05) is 23.7 Å². The van der Waals surface area contributed by atoms with Crippen molar-refractivity contribution < 1.29 is 19.5 Å². The number of hydrazine groups is 2. The topological polar surface area (TPSA) is 102 Å². The first-order chi connectivity index (χ1) is 12.4. The standard InChI is InChI=1S/C17H15ClN4O4/c1-10(24)21-14-4-2-11(18)8-13(14)20-22(21)15-5-3-12(9-16(15)25)19-17(26)6-7-23/h2-5,7-9,20,25H,6H2,1H3,(H,19,26). The van der Waals surface area contributed by atoms with E-state index in [1.807, 2.05) is 0 Å². The molecule has 0 unspecified atom stereocenters. The number of aldehydes is 1. The fourth-order valence-electron chi connectivity index (χ4n) is 2.60. The van der Waals surface area contributed by atoms with Gasteiger partial charge in [-0.25, -0.2) is 0 Å². The summed E-state index contributed by atoms with van der Waals surface area (Å²) < 4.78 is 0. The zero-order valence-electron chi connectivity index (χ0n) is 13.7. The van der Waals surface area contributed by atoms with Gasteiger partial charge in [0.2, 0.25) is 11.8 Å². The Morgan fingerprint density at radius 2 is 1.96 bits per heavy atom.